The Balaban J connectivity index is -0.0000000733. The molecule has 15 heavy (non-hydrogen) atoms. The Kier molecular flexibility index (Phi) is 28.5. The molecule has 2 radical (unpaired) electrons. The third-order valence-corrected chi connectivity index (χ3v) is 1.68. The minimum absolute atomic E-state index is 0. The van der Waals surface area contributed by atoms with E-state index in [0.717, 1.165) is 0 Å². The van der Waals surface area contributed by atoms with Crippen molar-refractivity contribution in [3.8, 4) is 0 Å². The third kappa shape index (κ3) is 72.0. The molecule has 0 aromatic heterocycles. The second-order valence-electron chi connectivity index (χ2n) is 4.12. The van der Waals surface area contributed by atoms with E-state index in [0.29, 0.717) is 0 Å². The molecule has 0 aliphatic heterocycles. The summed E-state index contributed by atoms with van der Waals surface area (Å²) in [6.07, 6.45) is 0. The summed E-state index contributed by atoms with van der Waals surface area (Å²) in [5.74, 6) is 0. The molecule has 0 spiro atoms. The monoisotopic (exact) mass is 265 g/mol. The van der Waals surface area contributed by atoms with Crippen molar-refractivity contribution in [2.45, 2.75) is 39.4 Å². The van der Waals surface area contributed by atoms with Crippen molar-refractivity contribution in [1.82, 2.24) is 0 Å². The van der Waals surface area contributed by atoms with Crippen molar-refractivity contribution < 1.29 is 21.7 Å². The van der Waals surface area contributed by atoms with Gasteiger partial charge in [0.05, 0.1) is 0 Å². The summed E-state index contributed by atoms with van der Waals surface area (Å²) in [7, 11) is 6.63. The Bertz CT molecular complexity index is 93.2. The molecule has 0 saturated heterocycles. The quantitative estimate of drug-likeness (QED) is 0.649. The van der Waals surface area contributed by atoms with Crippen LogP contribution in [0.2, 0.25) is 13.1 Å². The van der Waals surface area contributed by atoms with Gasteiger partial charge in [0.15, 0.2) is 0 Å². The summed E-state index contributed by atoms with van der Waals surface area (Å²) >= 11 is 0. The fourth-order valence-electron chi connectivity index (χ4n) is 0.671. The van der Waals surface area contributed by atoms with Gasteiger partial charge in [-0.3, -0.25) is 0 Å². The van der Waals surface area contributed by atoms with Crippen molar-refractivity contribution in [3.05, 3.63) is 15.6 Å². The second kappa shape index (κ2) is 17.2. The van der Waals surface area contributed by atoms with Gasteiger partial charge in [-0.1, -0.05) is 42.8 Å². The van der Waals surface area contributed by atoms with Gasteiger partial charge >= 0.3 is 21.7 Å². The van der Waals surface area contributed by atoms with Crippen LogP contribution in [-0.4, -0.2) is 42.7 Å². The van der Waals surface area contributed by atoms with Gasteiger partial charge in [0.1, 0.15) is 0 Å². The van der Waals surface area contributed by atoms with Crippen LogP contribution in [0.5, 0.6) is 0 Å². The molecule has 0 heterocycles. The van der Waals surface area contributed by atoms with E-state index < -0.39 is 0 Å². The largest absolute Gasteiger partial charge is 3.00 e. The maximum Gasteiger partial charge on any atom is 3.00 e. The first-order valence-electron chi connectivity index (χ1n) is 4.74. The predicted molar refractivity (Wildman–Crippen MR) is 71.0 cm³/mol. The van der Waals surface area contributed by atoms with Crippen molar-refractivity contribution in [2.75, 3.05) is 28.2 Å². The topological polar surface area (TPSA) is 42.3 Å². The van der Waals surface area contributed by atoms with Crippen molar-refractivity contribution in [2.24, 2.45) is 0 Å². The van der Waals surface area contributed by atoms with Crippen molar-refractivity contribution in [3.63, 3.8) is 0 Å². The minimum Gasteiger partial charge on any atom is -0.668 e. The molecule has 5 heteroatoms. The van der Waals surface area contributed by atoms with E-state index >= 15 is 0 Å². The molecule has 0 aliphatic carbocycles. The van der Waals surface area contributed by atoms with Gasteiger partial charge in [-0.2, -0.15) is 28.2 Å². The Morgan fingerprint density at radius 3 is 1.00 bits per heavy atom. The molecule has 0 rings (SSSR count). The van der Waals surface area contributed by atoms with Crippen LogP contribution < -0.4 is 0 Å². The zero-order chi connectivity index (χ0) is 12.2. The zero-order valence-electron chi connectivity index (χ0n) is 11.8. The Hall–Kier alpha value is 0.811. The number of hydrogen-bond donors (Lipinski definition) is 0. The van der Waals surface area contributed by atoms with Crippen LogP contribution in [0.3, 0.4) is 0 Å². The van der Waals surface area contributed by atoms with Gasteiger partial charge in [-0.05, 0) is 0 Å². The second-order valence-corrected chi connectivity index (χ2v) is 6.24. The maximum absolute atomic E-state index is 4.51. The summed E-state index contributed by atoms with van der Waals surface area (Å²) in [6, 6.07) is 0. The first-order valence-corrected chi connectivity index (χ1v) is 7.18. The van der Waals surface area contributed by atoms with Crippen molar-refractivity contribution >= 4 is 8.96 Å². The molecule has 0 bridgehead atoms. The zero-order valence-corrected chi connectivity index (χ0v) is 14.4. The number of hydrogen-bond acceptors (Lipinski definition) is 0. The van der Waals surface area contributed by atoms with E-state index in [9.17, 15) is 0 Å². The smallest absolute Gasteiger partial charge is 0.668 e. The van der Waals surface area contributed by atoms with Gasteiger partial charge in [0.2, 0.25) is 0 Å². The minimum atomic E-state index is -0.367. The van der Waals surface area contributed by atoms with Gasteiger partial charge < -0.3 is 15.6 Å². The summed E-state index contributed by atoms with van der Waals surface area (Å²) in [5, 5.41) is 7.00. The molecule has 0 saturated carbocycles. The fourth-order valence-corrected chi connectivity index (χ4v) is 2.01. The van der Waals surface area contributed by atoms with Crippen LogP contribution in [0, 0.1) is 0 Å². The Morgan fingerprint density at radius 2 is 1.00 bits per heavy atom. The van der Waals surface area contributed by atoms with Crippen LogP contribution in [0.15, 0.2) is 0 Å². The standard InChI is InChI=1S/C6H15NSi.2C2H6N.Ti/c1-6(2,3)7-8(4)5;2*1-3-2;/h1-5H3;2*1-2H3;/q3*-1;+3. The van der Waals surface area contributed by atoms with E-state index in [2.05, 4.69) is 49.5 Å². The van der Waals surface area contributed by atoms with E-state index in [-0.39, 0.29) is 36.2 Å². The Labute approximate surface area is 114 Å². The maximum atomic E-state index is 4.51. The summed E-state index contributed by atoms with van der Waals surface area (Å²) < 4.78 is 0. The molecule has 3 nitrogen and oxygen atoms in total. The van der Waals surface area contributed by atoms with Crippen LogP contribution in [0.1, 0.15) is 20.8 Å². The first kappa shape index (κ1) is 24.9. The van der Waals surface area contributed by atoms with Gasteiger partial charge in [-0.15, -0.1) is 5.54 Å². The summed E-state index contributed by atoms with van der Waals surface area (Å²) in [4.78, 5) is 4.51. The molecule has 0 fully saturated rings. The molecule has 0 aromatic rings. The average Bonchev–Trinajstić information content (AvgIpc) is 1.83. The van der Waals surface area contributed by atoms with Crippen LogP contribution >= 0.6 is 0 Å². The normalized spacial score (nSPS) is 9.20. The molecule has 0 aliphatic rings. The van der Waals surface area contributed by atoms with E-state index in [1.165, 1.54) is 0 Å². The van der Waals surface area contributed by atoms with Crippen LogP contribution in [0.4, 0.5) is 0 Å². The molecule has 0 amide bonds. The average molecular weight is 265 g/mol. The SMILES string of the molecule is C[N-]C.C[N-]C.C[Si](C)[N-]C(C)(C)C.[Ti+3]. The molecular formula is C10H27N3SiTi. The van der Waals surface area contributed by atoms with Crippen LogP contribution in [-0.2, 0) is 21.7 Å². The summed E-state index contributed by atoms with van der Waals surface area (Å²) in [5.41, 5.74) is 0.192. The predicted octanol–water partition coefficient (Wildman–Crippen LogP) is 3.65. The van der Waals surface area contributed by atoms with Gasteiger partial charge in [-0.25, -0.2) is 0 Å². The Morgan fingerprint density at radius 1 is 0.800 bits per heavy atom. The van der Waals surface area contributed by atoms with E-state index in [1.807, 2.05) is 0 Å². The number of rotatable bonds is 1. The summed E-state index contributed by atoms with van der Waals surface area (Å²) in [6.45, 7) is 10.8. The third-order valence-electron chi connectivity index (χ3n) is 0.559. The molecule has 90 valence electrons. The molecule has 0 N–H and O–H groups in total. The first-order chi connectivity index (χ1) is 6.24. The van der Waals surface area contributed by atoms with Gasteiger partial charge in [0, 0.05) is 0 Å². The van der Waals surface area contributed by atoms with Crippen LogP contribution in [0.25, 0.3) is 15.6 Å². The fraction of sp³-hybridized carbons (Fsp3) is 1.00. The van der Waals surface area contributed by atoms with E-state index in [4.69, 9.17) is 0 Å². The van der Waals surface area contributed by atoms with E-state index in [1.54, 1.807) is 28.2 Å². The van der Waals surface area contributed by atoms with Crippen molar-refractivity contribution in [1.29, 1.82) is 0 Å². The molecule has 0 unspecified atom stereocenters. The van der Waals surface area contributed by atoms with Gasteiger partial charge in [0.25, 0.3) is 0 Å². The molecule has 0 atom stereocenters. The number of nitrogens with zero attached hydrogens (tertiary/aromatic N) is 3. The molecular weight excluding hydrogens is 238 g/mol. The molecule has 0 aromatic carbocycles.